The van der Waals surface area contributed by atoms with Gasteiger partial charge in [-0.25, -0.2) is 29.3 Å². The lowest BCUT2D eigenvalue weighted by molar-refractivity contribution is -0.384. The SMILES string of the molecule is COc1cc(OC)c(Cl)c(N(C(=O)OC(C)(C)C)C(=O)N(C)c2cc(N(C(=O)OC(C)(C)C)c3ccc(CCC(C)(C)[Si](C)(C)O)cc3[N+](=O)[O-])ncn2)c1Cl. The zero-order chi connectivity index (χ0) is 42.7. The number of nitro groups is 1. The number of nitro benzene ring substituents is 1. The normalized spacial score (nSPS) is 12.1. The maximum absolute atomic E-state index is 14.4. The van der Waals surface area contributed by atoms with Crippen molar-refractivity contribution in [2.45, 2.75) is 97.6 Å². The lowest BCUT2D eigenvalue weighted by Gasteiger charge is -2.35. The average molecular weight is 838 g/mol. The molecule has 0 spiro atoms. The fraction of sp³-hybridized carbons (Fsp3) is 0.486. The van der Waals surface area contributed by atoms with E-state index in [1.54, 1.807) is 47.6 Å². The van der Waals surface area contributed by atoms with Crippen molar-refractivity contribution in [3.05, 3.63) is 62.4 Å². The van der Waals surface area contributed by atoms with Crippen LogP contribution in [0.3, 0.4) is 0 Å². The first kappa shape index (κ1) is 45.7. The quantitative estimate of drug-likeness (QED) is 0.110. The molecule has 2 aromatic carbocycles. The van der Waals surface area contributed by atoms with Crippen LogP contribution in [0, 0.1) is 10.1 Å². The predicted molar refractivity (Wildman–Crippen MR) is 218 cm³/mol. The van der Waals surface area contributed by atoms with E-state index >= 15 is 0 Å². The summed E-state index contributed by atoms with van der Waals surface area (Å²) >= 11 is 13.3. The standard InChI is InChI=1S/C37H50Cl2N6O10Si/c1-35(2,3)54-33(47)43(23-15-14-22(18-24(23)45(49)50)16-17-37(7,8)56(12,13)51)28-20-27(40-21-41-28)42(9)32(46)44(34(48)55-36(4,5)6)31-29(38)25(52-10)19-26(53-11)30(31)39/h14-15,18-21,51H,16-17H2,1-13H3. The Morgan fingerprint density at radius 3 is 1.86 bits per heavy atom. The number of benzene rings is 2. The summed E-state index contributed by atoms with van der Waals surface area (Å²) in [5.41, 5.74) is -2.43. The minimum Gasteiger partial charge on any atom is -0.495 e. The van der Waals surface area contributed by atoms with Crippen LogP contribution >= 0.6 is 23.2 Å². The van der Waals surface area contributed by atoms with E-state index < -0.39 is 53.4 Å². The molecule has 0 aliphatic heterocycles. The molecule has 0 aliphatic carbocycles. The molecule has 0 fully saturated rings. The molecule has 0 bridgehead atoms. The number of methoxy groups -OCH3 is 2. The van der Waals surface area contributed by atoms with Crippen molar-refractivity contribution in [3.63, 3.8) is 0 Å². The Morgan fingerprint density at radius 2 is 1.38 bits per heavy atom. The molecule has 16 nitrogen and oxygen atoms in total. The van der Waals surface area contributed by atoms with E-state index in [2.05, 4.69) is 9.97 Å². The van der Waals surface area contributed by atoms with Crippen LogP contribution in [0.1, 0.15) is 67.4 Å². The predicted octanol–water partition coefficient (Wildman–Crippen LogP) is 9.69. The maximum Gasteiger partial charge on any atom is 0.423 e. The second kappa shape index (κ2) is 17.2. The Morgan fingerprint density at radius 1 is 0.857 bits per heavy atom. The number of aryl methyl sites for hydroxylation is 1. The maximum atomic E-state index is 14.4. The van der Waals surface area contributed by atoms with Gasteiger partial charge in [-0.2, -0.15) is 4.90 Å². The van der Waals surface area contributed by atoms with Crippen molar-refractivity contribution in [1.29, 1.82) is 0 Å². The van der Waals surface area contributed by atoms with Crippen molar-refractivity contribution in [3.8, 4) is 11.5 Å². The van der Waals surface area contributed by atoms with Crippen LogP contribution in [0.4, 0.5) is 43.1 Å². The second-order valence-corrected chi connectivity index (χ2v) is 21.2. The number of rotatable bonds is 11. The molecule has 0 unspecified atom stereocenters. The highest BCUT2D eigenvalue weighted by Crippen LogP contribution is 2.47. The number of hydrogen-bond acceptors (Lipinski definition) is 12. The van der Waals surface area contributed by atoms with Crippen molar-refractivity contribution >= 4 is 78.4 Å². The number of carbonyl (C=O) groups excluding carboxylic acids is 3. The molecular formula is C37H50Cl2N6O10Si. The van der Waals surface area contributed by atoms with Crippen LogP contribution in [0.25, 0.3) is 0 Å². The Balaban J connectivity index is 2.22. The number of nitrogens with zero attached hydrogens (tertiary/aromatic N) is 6. The van der Waals surface area contributed by atoms with Gasteiger partial charge in [0.15, 0.2) is 8.32 Å². The van der Waals surface area contributed by atoms with Gasteiger partial charge in [0.25, 0.3) is 5.69 Å². The summed E-state index contributed by atoms with van der Waals surface area (Å²) in [5.74, 6) is -0.322. The molecular weight excluding hydrogens is 787 g/mol. The summed E-state index contributed by atoms with van der Waals surface area (Å²) in [6.45, 7) is 17.3. The van der Waals surface area contributed by atoms with Gasteiger partial charge in [-0.1, -0.05) is 43.1 Å². The van der Waals surface area contributed by atoms with Crippen LogP contribution in [-0.4, -0.2) is 78.7 Å². The number of imide groups is 1. The average Bonchev–Trinajstić information content (AvgIpc) is 3.07. The number of carbonyl (C=O) groups is 3. The molecule has 0 saturated carbocycles. The Hall–Kier alpha value is -4.71. The number of halogens is 2. The van der Waals surface area contributed by atoms with Gasteiger partial charge < -0.3 is 23.7 Å². The molecule has 0 aliphatic rings. The van der Waals surface area contributed by atoms with Gasteiger partial charge in [-0.3, -0.25) is 15.0 Å². The highest BCUT2D eigenvalue weighted by molar-refractivity contribution is 6.72. The smallest absolute Gasteiger partial charge is 0.423 e. The highest BCUT2D eigenvalue weighted by atomic mass is 35.5. The van der Waals surface area contributed by atoms with Crippen LogP contribution in [0.5, 0.6) is 11.5 Å². The van der Waals surface area contributed by atoms with E-state index in [4.69, 9.17) is 42.1 Å². The van der Waals surface area contributed by atoms with E-state index in [0.717, 1.165) is 16.1 Å². The molecule has 1 heterocycles. The van der Waals surface area contributed by atoms with E-state index in [0.29, 0.717) is 23.3 Å². The Labute approximate surface area is 337 Å². The molecule has 0 radical (unpaired) electrons. The number of anilines is 4. The lowest BCUT2D eigenvalue weighted by atomic mass is 10.0. The van der Waals surface area contributed by atoms with Crippen LogP contribution in [0.2, 0.25) is 28.2 Å². The zero-order valence-corrected chi connectivity index (χ0v) is 36.5. The first-order chi connectivity index (χ1) is 25.6. The van der Waals surface area contributed by atoms with Gasteiger partial charge in [0, 0.05) is 25.2 Å². The topological polar surface area (TPSA) is 187 Å². The first-order valence-corrected chi connectivity index (χ1v) is 21.1. The number of ether oxygens (including phenoxy) is 4. The minimum absolute atomic E-state index is 0.0275. The van der Waals surface area contributed by atoms with Gasteiger partial charge in [0.2, 0.25) is 0 Å². The molecule has 4 amide bonds. The fourth-order valence-electron chi connectivity index (χ4n) is 4.98. The summed E-state index contributed by atoms with van der Waals surface area (Å²) in [5, 5.41) is 11.8. The Bertz CT molecular complexity index is 1950. The highest BCUT2D eigenvalue weighted by Gasteiger charge is 2.39. The zero-order valence-electron chi connectivity index (χ0n) is 33.9. The number of hydrogen-bond donors (Lipinski definition) is 1. The lowest BCUT2D eigenvalue weighted by Crippen LogP contribution is -2.47. The first-order valence-electron chi connectivity index (χ1n) is 17.4. The van der Waals surface area contributed by atoms with E-state index in [1.165, 1.54) is 45.5 Å². The van der Waals surface area contributed by atoms with Gasteiger partial charge in [-0.05, 0) is 84.1 Å². The Kier molecular flexibility index (Phi) is 14.0. The van der Waals surface area contributed by atoms with Crippen molar-refractivity contribution in [2.75, 3.05) is 36.0 Å². The number of amides is 4. The summed E-state index contributed by atoms with van der Waals surface area (Å²) in [6, 6.07) is 5.93. The van der Waals surface area contributed by atoms with E-state index in [1.807, 2.05) is 26.9 Å². The van der Waals surface area contributed by atoms with Crippen molar-refractivity contribution < 1.29 is 43.1 Å². The largest absolute Gasteiger partial charge is 0.495 e. The third-order valence-corrected chi connectivity index (χ3v) is 13.1. The van der Waals surface area contributed by atoms with E-state index in [9.17, 15) is 29.3 Å². The van der Waals surface area contributed by atoms with Gasteiger partial charge >= 0.3 is 18.2 Å². The molecule has 1 N–H and O–H groups in total. The molecule has 56 heavy (non-hydrogen) atoms. The third-order valence-electron chi connectivity index (χ3n) is 8.79. The van der Waals surface area contributed by atoms with Gasteiger partial charge in [0.05, 0.1) is 19.1 Å². The van der Waals surface area contributed by atoms with Crippen LogP contribution < -0.4 is 24.2 Å². The van der Waals surface area contributed by atoms with Crippen LogP contribution in [0.15, 0.2) is 36.7 Å². The number of aromatic nitrogens is 2. The fourth-order valence-corrected chi connectivity index (χ4v) is 6.38. The number of urea groups is 1. The minimum atomic E-state index is -2.56. The summed E-state index contributed by atoms with van der Waals surface area (Å²) in [7, 11) is 1.35. The van der Waals surface area contributed by atoms with Gasteiger partial charge in [-0.15, -0.1) is 0 Å². The van der Waals surface area contributed by atoms with Crippen molar-refractivity contribution in [2.24, 2.45) is 0 Å². The van der Waals surface area contributed by atoms with E-state index in [-0.39, 0.29) is 44.6 Å². The molecule has 306 valence electrons. The molecule has 0 atom stereocenters. The molecule has 1 aromatic heterocycles. The van der Waals surface area contributed by atoms with Gasteiger partial charge in [0.1, 0.15) is 62.1 Å². The second-order valence-electron chi connectivity index (χ2n) is 16.0. The van der Waals surface area contributed by atoms with Crippen LogP contribution in [-0.2, 0) is 15.9 Å². The molecule has 3 rings (SSSR count). The summed E-state index contributed by atoms with van der Waals surface area (Å²) in [6.07, 6.45) is -0.172. The molecule has 19 heteroatoms. The third kappa shape index (κ3) is 10.8. The summed E-state index contributed by atoms with van der Waals surface area (Å²) in [4.78, 5) is 75.7. The summed E-state index contributed by atoms with van der Waals surface area (Å²) < 4.78 is 22.0. The molecule has 3 aromatic rings. The van der Waals surface area contributed by atoms with Crippen molar-refractivity contribution in [1.82, 2.24) is 9.97 Å². The monoisotopic (exact) mass is 836 g/mol. The molecule has 0 saturated heterocycles.